The summed E-state index contributed by atoms with van der Waals surface area (Å²) in [7, 11) is 4.13. The number of rotatable bonds is 5. The van der Waals surface area contributed by atoms with Crippen LogP contribution in [0.1, 0.15) is 45.4 Å². The molecule has 21 heavy (non-hydrogen) atoms. The third kappa shape index (κ3) is 3.39. The predicted octanol–water partition coefficient (Wildman–Crippen LogP) is 1.72. The van der Waals surface area contributed by atoms with E-state index in [0.29, 0.717) is 25.3 Å². The number of nitrogens with zero attached hydrogens (tertiary/aromatic N) is 1. The van der Waals surface area contributed by atoms with Crippen molar-refractivity contribution in [1.82, 2.24) is 10.2 Å². The molecule has 0 saturated heterocycles. The zero-order chi connectivity index (χ0) is 15.6. The number of carbonyl (C=O) groups is 2. The molecule has 0 spiro atoms. The van der Waals surface area contributed by atoms with Gasteiger partial charge >= 0.3 is 5.97 Å². The number of hydrogen-bond acceptors (Lipinski definition) is 3. The Kier molecular flexibility index (Phi) is 4.91. The smallest absolute Gasteiger partial charge is 0.307 e. The lowest BCUT2D eigenvalue weighted by Gasteiger charge is -2.37. The molecule has 2 saturated carbocycles. The average Bonchev–Trinajstić information content (AvgIpc) is 3.03. The van der Waals surface area contributed by atoms with E-state index >= 15 is 0 Å². The van der Waals surface area contributed by atoms with Crippen LogP contribution in [0, 0.1) is 17.8 Å². The van der Waals surface area contributed by atoms with Gasteiger partial charge in [-0.15, -0.1) is 0 Å². The van der Waals surface area contributed by atoms with Gasteiger partial charge in [-0.25, -0.2) is 0 Å². The van der Waals surface area contributed by atoms with Crippen molar-refractivity contribution in [2.45, 2.75) is 51.0 Å². The van der Waals surface area contributed by atoms with Crippen LogP contribution in [0.15, 0.2) is 0 Å². The summed E-state index contributed by atoms with van der Waals surface area (Å²) >= 11 is 0. The van der Waals surface area contributed by atoms with Crippen LogP contribution in [0.25, 0.3) is 0 Å². The van der Waals surface area contributed by atoms with Crippen molar-refractivity contribution < 1.29 is 14.7 Å². The maximum atomic E-state index is 12.4. The highest BCUT2D eigenvalue weighted by Crippen LogP contribution is 2.37. The predicted molar refractivity (Wildman–Crippen MR) is 80.9 cm³/mol. The quantitative estimate of drug-likeness (QED) is 0.810. The SMILES string of the molecule is CC1C[C@H](C(=O)NCC2(N(C)C)CCCC2)[C@H](C(=O)O)C1. The van der Waals surface area contributed by atoms with Gasteiger partial charge in [0.1, 0.15) is 0 Å². The van der Waals surface area contributed by atoms with Crippen LogP contribution in [0.3, 0.4) is 0 Å². The molecule has 0 radical (unpaired) electrons. The van der Waals surface area contributed by atoms with Crippen LogP contribution < -0.4 is 5.32 Å². The Hall–Kier alpha value is -1.10. The largest absolute Gasteiger partial charge is 0.481 e. The molecule has 1 amide bonds. The molecule has 2 N–H and O–H groups in total. The summed E-state index contributed by atoms with van der Waals surface area (Å²) in [5, 5.41) is 12.3. The Balaban J connectivity index is 1.96. The number of aliphatic carboxylic acids is 1. The first-order chi connectivity index (χ1) is 9.85. The molecule has 2 aliphatic rings. The molecule has 0 heterocycles. The van der Waals surface area contributed by atoms with Crippen LogP contribution in [0.5, 0.6) is 0 Å². The van der Waals surface area contributed by atoms with Crippen molar-refractivity contribution in [2.75, 3.05) is 20.6 Å². The summed E-state index contributed by atoms with van der Waals surface area (Å²) in [5.74, 6) is -1.46. The zero-order valence-corrected chi connectivity index (χ0v) is 13.4. The van der Waals surface area contributed by atoms with Crippen LogP contribution in [0.4, 0.5) is 0 Å². The molecule has 5 heteroatoms. The fourth-order valence-electron chi connectivity index (χ4n) is 4.05. The molecular weight excluding hydrogens is 268 g/mol. The standard InChI is InChI=1S/C16H28N2O3/c1-11-8-12(13(9-11)15(20)21)14(19)17-10-16(18(2)3)6-4-5-7-16/h11-13H,4-10H2,1-3H3,(H,17,19)(H,20,21)/t11?,12-,13+/m0/s1. The second-order valence-electron chi connectivity index (χ2n) is 7.17. The summed E-state index contributed by atoms with van der Waals surface area (Å²) in [6.07, 6.45) is 5.91. The lowest BCUT2D eigenvalue weighted by Crippen LogP contribution is -2.52. The molecule has 2 rings (SSSR count). The minimum atomic E-state index is -0.831. The Morgan fingerprint density at radius 1 is 1.19 bits per heavy atom. The molecule has 3 atom stereocenters. The number of nitrogens with one attached hydrogen (secondary N) is 1. The zero-order valence-electron chi connectivity index (χ0n) is 13.4. The minimum Gasteiger partial charge on any atom is -0.481 e. The number of carbonyl (C=O) groups excluding carboxylic acids is 1. The van der Waals surface area contributed by atoms with Gasteiger partial charge in [0.2, 0.25) is 5.91 Å². The molecule has 1 unspecified atom stereocenters. The van der Waals surface area contributed by atoms with E-state index < -0.39 is 11.9 Å². The third-order valence-corrected chi connectivity index (χ3v) is 5.53. The van der Waals surface area contributed by atoms with Gasteiger partial charge in [0.15, 0.2) is 0 Å². The lowest BCUT2D eigenvalue weighted by atomic mass is 9.93. The highest BCUT2D eigenvalue weighted by molar-refractivity contribution is 5.85. The summed E-state index contributed by atoms with van der Waals surface area (Å²) in [5.41, 5.74) is 0.0542. The van der Waals surface area contributed by atoms with Crippen molar-refractivity contribution >= 4 is 11.9 Å². The fourth-order valence-corrected chi connectivity index (χ4v) is 4.05. The van der Waals surface area contributed by atoms with Gasteiger partial charge in [-0.05, 0) is 45.7 Å². The highest BCUT2D eigenvalue weighted by atomic mass is 16.4. The van der Waals surface area contributed by atoms with E-state index in [1.54, 1.807) is 0 Å². The van der Waals surface area contributed by atoms with Gasteiger partial charge in [0.25, 0.3) is 0 Å². The van der Waals surface area contributed by atoms with Crippen LogP contribution in [-0.4, -0.2) is 48.1 Å². The summed E-state index contributed by atoms with van der Waals surface area (Å²) in [6, 6.07) is 0. The molecule has 0 aromatic heterocycles. The second-order valence-corrected chi connectivity index (χ2v) is 7.17. The minimum absolute atomic E-state index is 0.0542. The van der Waals surface area contributed by atoms with Crippen molar-refractivity contribution in [3.63, 3.8) is 0 Å². The number of amides is 1. The number of carboxylic acid groups (broad SMARTS) is 1. The van der Waals surface area contributed by atoms with Gasteiger partial charge < -0.3 is 15.3 Å². The van der Waals surface area contributed by atoms with Crippen LogP contribution >= 0.6 is 0 Å². The van der Waals surface area contributed by atoms with E-state index in [0.717, 1.165) is 12.8 Å². The Bertz CT molecular complexity index is 402. The average molecular weight is 296 g/mol. The third-order valence-electron chi connectivity index (χ3n) is 5.53. The van der Waals surface area contributed by atoms with Crippen molar-refractivity contribution in [1.29, 1.82) is 0 Å². The van der Waals surface area contributed by atoms with E-state index in [1.807, 2.05) is 6.92 Å². The van der Waals surface area contributed by atoms with Crippen molar-refractivity contribution in [2.24, 2.45) is 17.8 Å². The summed E-state index contributed by atoms with van der Waals surface area (Å²) in [6.45, 7) is 2.66. The maximum Gasteiger partial charge on any atom is 0.307 e. The molecule has 0 aromatic rings. The lowest BCUT2D eigenvalue weighted by molar-refractivity contribution is -0.146. The molecule has 0 bridgehead atoms. The van der Waals surface area contributed by atoms with Gasteiger partial charge in [0, 0.05) is 12.1 Å². The van der Waals surface area contributed by atoms with Gasteiger partial charge in [-0.3, -0.25) is 9.59 Å². The normalized spacial score (nSPS) is 31.5. The Morgan fingerprint density at radius 3 is 2.29 bits per heavy atom. The van der Waals surface area contributed by atoms with Gasteiger partial charge in [0.05, 0.1) is 11.8 Å². The van der Waals surface area contributed by atoms with Gasteiger partial charge in [-0.1, -0.05) is 19.8 Å². The second kappa shape index (κ2) is 6.34. The topological polar surface area (TPSA) is 69.6 Å². The number of likely N-dealkylation sites (N-methyl/N-ethyl adjacent to an activating group) is 1. The molecular formula is C16H28N2O3. The van der Waals surface area contributed by atoms with Gasteiger partial charge in [-0.2, -0.15) is 0 Å². The van der Waals surface area contributed by atoms with E-state index in [-0.39, 0.29) is 17.4 Å². The highest BCUT2D eigenvalue weighted by Gasteiger charge is 2.42. The van der Waals surface area contributed by atoms with E-state index in [9.17, 15) is 14.7 Å². The first-order valence-corrected chi connectivity index (χ1v) is 8.04. The Labute approximate surface area is 127 Å². The molecule has 2 fully saturated rings. The van der Waals surface area contributed by atoms with E-state index in [4.69, 9.17) is 0 Å². The fraction of sp³-hybridized carbons (Fsp3) is 0.875. The molecule has 0 aromatic carbocycles. The monoisotopic (exact) mass is 296 g/mol. The van der Waals surface area contributed by atoms with Crippen molar-refractivity contribution in [3.05, 3.63) is 0 Å². The summed E-state index contributed by atoms with van der Waals surface area (Å²) in [4.78, 5) is 26.0. The molecule has 120 valence electrons. The van der Waals surface area contributed by atoms with E-state index in [2.05, 4.69) is 24.3 Å². The molecule has 0 aliphatic heterocycles. The number of carboxylic acids is 1. The van der Waals surface area contributed by atoms with Crippen LogP contribution in [-0.2, 0) is 9.59 Å². The first-order valence-electron chi connectivity index (χ1n) is 8.04. The van der Waals surface area contributed by atoms with Crippen LogP contribution in [0.2, 0.25) is 0 Å². The van der Waals surface area contributed by atoms with Crippen molar-refractivity contribution in [3.8, 4) is 0 Å². The number of hydrogen-bond donors (Lipinski definition) is 2. The first kappa shape index (κ1) is 16.3. The Morgan fingerprint density at radius 2 is 1.76 bits per heavy atom. The molecule has 5 nitrogen and oxygen atoms in total. The maximum absolute atomic E-state index is 12.4. The summed E-state index contributed by atoms with van der Waals surface area (Å²) < 4.78 is 0. The van der Waals surface area contributed by atoms with E-state index in [1.165, 1.54) is 12.8 Å². The molecule has 2 aliphatic carbocycles.